The van der Waals surface area contributed by atoms with Crippen molar-refractivity contribution in [1.82, 2.24) is 14.5 Å². The minimum Gasteiger partial charge on any atom is -0.456 e. The molecule has 0 spiro atoms. The van der Waals surface area contributed by atoms with E-state index in [4.69, 9.17) is 14.4 Å². The molecular formula is C46H29N3O. The van der Waals surface area contributed by atoms with Crippen molar-refractivity contribution in [3.8, 4) is 50.7 Å². The van der Waals surface area contributed by atoms with Crippen molar-refractivity contribution in [2.45, 2.75) is 0 Å². The maximum Gasteiger partial charge on any atom is 0.160 e. The molecule has 4 nitrogen and oxygen atoms in total. The summed E-state index contributed by atoms with van der Waals surface area (Å²) in [4.78, 5) is 10.3. The number of para-hydroxylation sites is 3. The van der Waals surface area contributed by atoms with Gasteiger partial charge in [0, 0.05) is 49.9 Å². The van der Waals surface area contributed by atoms with Crippen molar-refractivity contribution in [2.24, 2.45) is 0 Å². The lowest BCUT2D eigenvalue weighted by Gasteiger charge is -2.15. The number of rotatable bonds is 5. The zero-order chi connectivity index (χ0) is 33.0. The molecule has 0 aliphatic carbocycles. The highest BCUT2D eigenvalue weighted by Gasteiger charge is 2.20. The zero-order valence-electron chi connectivity index (χ0n) is 27.0. The van der Waals surface area contributed by atoms with Crippen LogP contribution >= 0.6 is 0 Å². The normalized spacial score (nSPS) is 11.6. The van der Waals surface area contributed by atoms with Gasteiger partial charge in [0.1, 0.15) is 11.2 Å². The van der Waals surface area contributed by atoms with Crippen molar-refractivity contribution < 1.29 is 4.42 Å². The molecule has 50 heavy (non-hydrogen) atoms. The summed E-state index contributed by atoms with van der Waals surface area (Å²) in [5.41, 5.74) is 12.1. The van der Waals surface area contributed by atoms with Crippen LogP contribution in [-0.2, 0) is 0 Å². The largest absolute Gasteiger partial charge is 0.456 e. The van der Waals surface area contributed by atoms with Crippen LogP contribution in [0.4, 0.5) is 0 Å². The third kappa shape index (κ3) is 4.61. The monoisotopic (exact) mass is 639 g/mol. The summed E-state index contributed by atoms with van der Waals surface area (Å²) in [6.45, 7) is 0. The molecule has 3 heterocycles. The number of hydrogen-bond donors (Lipinski definition) is 0. The van der Waals surface area contributed by atoms with E-state index in [1.807, 2.05) is 48.5 Å². The maximum absolute atomic E-state index is 6.48. The SMILES string of the molecule is c1ccc(-c2cc(-c3ccccc3)nc(-c3cccc(-c4cc5c(cc4-n4c6ccccc6c6ccccc64)oc4ccccc45)c3)n2)cc1. The Morgan fingerprint density at radius 3 is 1.58 bits per heavy atom. The average molecular weight is 640 g/mol. The first-order valence-electron chi connectivity index (χ1n) is 16.8. The fourth-order valence-electron chi connectivity index (χ4n) is 7.27. The van der Waals surface area contributed by atoms with Gasteiger partial charge in [-0.25, -0.2) is 9.97 Å². The molecule has 0 saturated carbocycles. The first kappa shape index (κ1) is 28.3. The Hall–Kier alpha value is -6.78. The molecule has 4 heteroatoms. The predicted molar refractivity (Wildman–Crippen MR) is 205 cm³/mol. The first-order chi connectivity index (χ1) is 24.8. The Balaban J connectivity index is 1.23. The third-order valence-corrected chi connectivity index (χ3v) is 9.61. The lowest BCUT2D eigenvalue weighted by Crippen LogP contribution is -1.98. The molecule has 0 atom stereocenters. The highest BCUT2D eigenvalue weighted by molar-refractivity contribution is 6.12. The molecule has 0 saturated heterocycles. The van der Waals surface area contributed by atoms with E-state index in [2.05, 4.69) is 132 Å². The summed E-state index contributed by atoms with van der Waals surface area (Å²) in [7, 11) is 0. The summed E-state index contributed by atoms with van der Waals surface area (Å²) >= 11 is 0. The van der Waals surface area contributed by atoms with Gasteiger partial charge >= 0.3 is 0 Å². The van der Waals surface area contributed by atoms with Gasteiger partial charge in [-0.3, -0.25) is 0 Å². The summed E-state index contributed by atoms with van der Waals surface area (Å²) < 4.78 is 8.85. The first-order valence-corrected chi connectivity index (χ1v) is 16.8. The third-order valence-electron chi connectivity index (χ3n) is 9.61. The number of hydrogen-bond acceptors (Lipinski definition) is 3. The second kappa shape index (κ2) is 11.4. The molecule has 0 fully saturated rings. The van der Waals surface area contributed by atoms with Crippen LogP contribution in [0, 0.1) is 0 Å². The van der Waals surface area contributed by atoms with E-state index in [1.165, 1.54) is 10.8 Å². The Morgan fingerprint density at radius 1 is 0.380 bits per heavy atom. The molecule has 10 rings (SSSR count). The molecule has 0 aliphatic rings. The van der Waals surface area contributed by atoms with Crippen LogP contribution in [0.3, 0.4) is 0 Å². The molecule has 7 aromatic carbocycles. The molecular weight excluding hydrogens is 611 g/mol. The summed E-state index contributed by atoms with van der Waals surface area (Å²) in [5.74, 6) is 0.681. The zero-order valence-corrected chi connectivity index (χ0v) is 27.0. The molecule has 0 unspecified atom stereocenters. The van der Waals surface area contributed by atoms with E-state index in [1.54, 1.807) is 0 Å². The minimum atomic E-state index is 0.681. The van der Waals surface area contributed by atoms with Crippen LogP contribution in [0.1, 0.15) is 0 Å². The van der Waals surface area contributed by atoms with Gasteiger partial charge in [-0.1, -0.05) is 133 Å². The van der Waals surface area contributed by atoms with Crippen LogP contribution in [0.25, 0.3) is 94.5 Å². The van der Waals surface area contributed by atoms with E-state index in [0.717, 1.165) is 77.9 Å². The van der Waals surface area contributed by atoms with Crippen molar-refractivity contribution in [2.75, 3.05) is 0 Å². The van der Waals surface area contributed by atoms with Crippen LogP contribution in [0.5, 0.6) is 0 Å². The van der Waals surface area contributed by atoms with Crippen LogP contribution in [0.2, 0.25) is 0 Å². The lowest BCUT2D eigenvalue weighted by molar-refractivity contribution is 0.668. The fourth-order valence-corrected chi connectivity index (χ4v) is 7.27. The quantitative estimate of drug-likeness (QED) is 0.188. The highest BCUT2D eigenvalue weighted by Crippen LogP contribution is 2.41. The molecule has 10 aromatic rings. The molecule has 0 bridgehead atoms. The van der Waals surface area contributed by atoms with E-state index >= 15 is 0 Å². The van der Waals surface area contributed by atoms with Crippen molar-refractivity contribution in [3.63, 3.8) is 0 Å². The fraction of sp³-hybridized carbons (Fsp3) is 0. The topological polar surface area (TPSA) is 43.9 Å². The highest BCUT2D eigenvalue weighted by atomic mass is 16.3. The van der Waals surface area contributed by atoms with E-state index in [9.17, 15) is 0 Å². The summed E-state index contributed by atoms with van der Waals surface area (Å²) in [6, 6.07) is 61.3. The van der Waals surface area contributed by atoms with Gasteiger partial charge in [0.15, 0.2) is 5.82 Å². The van der Waals surface area contributed by atoms with Gasteiger partial charge in [0.25, 0.3) is 0 Å². The van der Waals surface area contributed by atoms with Crippen molar-refractivity contribution >= 4 is 43.7 Å². The van der Waals surface area contributed by atoms with Gasteiger partial charge < -0.3 is 8.98 Å². The van der Waals surface area contributed by atoms with E-state index in [-0.39, 0.29) is 0 Å². The van der Waals surface area contributed by atoms with Gasteiger partial charge in [-0.15, -0.1) is 0 Å². The van der Waals surface area contributed by atoms with Crippen LogP contribution < -0.4 is 0 Å². The Bertz CT molecular complexity index is 2760. The Morgan fingerprint density at radius 2 is 0.920 bits per heavy atom. The smallest absolute Gasteiger partial charge is 0.160 e. The Labute approximate surface area is 288 Å². The second-order valence-corrected chi connectivity index (χ2v) is 12.6. The number of furan rings is 1. The minimum absolute atomic E-state index is 0.681. The number of nitrogens with zero attached hydrogens (tertiary/aromatic N) is 3. The second-order valence-electron chi connectivity index (χ2n) is 12.6. The van der Waals surface area contributed by atoms with Crippen LogP contribution in [-0.4, -0.2) is 14.5 Å². The van der Waals surface area contributed by atoms with Crippen molar-refractivity contribution in [3.05, 3.63) is 176 Å². The summed E-state index contributed by atoms with van der Waals surface area (Å²) in [5, 5.41) is 4.61. The molecule has 3 aromatic heterocycles. The maximum atomic E-state index is 6.48. The van der Waals surface area contributed by atoms with Gasteiger partial charge in [-0.2, -0.15) is 0 Å². The average Bonchev–Trinajstić information content (AvgIpc) is 3.73. The summed E-state index contributed by atoms with van der Waals surface area (Å²) in [6.07, 6.45) is 0. The molecule has 0 N–H and O–H groups in total. The van der Waals surface area contributed by atoms with Gasteiger partial charge in [0.2, 0.25) is 0 Å². The molecule has 0 aliphatic heterocycles. The van der Waals surface area contributed by atoms with Crippen LogP contribution in [0.15, 0.2) is 180 Å². The number of fused-ring (bicyclic) bond motifs is 6. The van der Waals surface area contributed by atoms with E-state index in [0.29, 0.717) is 5.82 Å². The van der Waals surface area contributed by atoms with Gasteiger partial charge in [0.05, 0.1) is 28.1 Å². The number of benzene rings is 7. The van der Waals surface area contributed by atoms with Gasteiger partial charge in [-0.05, 0) is 42.0 Å². The molecule has 0 amide bonds. The standard InChI is InChI=1S/C46H29N3O/c1-3-14-30(15-4-1)39-28-40(31-16-5-2-6-17-31)48-46(47-39)33-19-13-18-32(26-33)37-27-38-36-22-9-12-25-44(36)50-45(38)29-43(37)49-41-23-10-7-20-34(41)35-21-8-11-24-42(35)49/h1-29H. The lowest BCUT2D eigenvalue weighted by atomic mass is 9.98. The van der Waals surface area contributed by atoms with E-state index < -0.39 is 0 Å². The predicted octanol–water partition coefficient (Wildman–Crippen LogP) is 12.1. The molecule has 234 valence electrons. The number of aromatic nitrogens is 3. The Kier molecular flexibility index (Phi) is 6.46. The van der Waals surface area contributed by atoms with Crippen molar-refractivity contribution in [1.29, 1.82) is 0 Å². The molecule has 0 radical (unpaired) electrons.